The first kappa shape index (κ1) is 16.5. The second-order valence-corrected chi connectivity index (χ2v) is 5.44. The number of nitrogen functional groups attached to an aromatic ring is 1. The molecular weight excluding hydrogens is 294 g/mol. The molecule has 2 aromatic rings. The molecule has 2 rings (SSSR count). The fraction of sp³-hybridized carbons (Fsp3) is 0.222. The molecule has 5 heteroatoms. The normalized spacial score (nSPS) is 10.4. The zero-order valence-corrected chi connectivity index (χ0v) is 13.3. The highest BCUT2D eigenvalue weighted by Gasteiger charge is 2.13. The van der Waals surface area contributed by atoms with Crippen LogP contribution in [0.1, 0.15) is 40.1 Å². The SMILES string of the molecule is Cc1ccc(C(=O)Oc2cccc(C(=O)OC(C)C)c2)cc1N. The van der Waals surface area contributed by atoms with Gasteiger partial charge in [-0.05, 0) is 56.7 Å². The summed E-state index contributed by atoms with van der Waals surface area (Å²) in [7, 11) is 0. The predicted octanol–water partition coefficient (Wildman–Crippen LogP) is 3.36. The number of hydrogen-bond donors (Lipinski definition) is 1. The topological polar surface area (TPSA) is 78.6 Å². The number of hydrogen-bond acceptors (Lipinski definition) is 5. The highest BCUT2D eigenvalue weighted by atomic mass is 16.5. The van der Waals surface area contributed by atoms with E-state index in [4.69, 9.17) is 15.2 Å². The maximum absolute atomic E-state index is 12.1. The highest BCUT2D eigenvalue weighted by Crippen LogP contribution is 2.18. The average molecular weight is 313 g/mol. The molecule has 0 aliphatic heterocycles. The van der Waals surface area contributed by atoms with E-state index in [-0.39, 0.29) is 11.9 Å². The van der Waals surface area contributed by atoms with Crippen LogP contribution in [0.3, 0.4) is 0 Å². The third-order valence-corrected chi connectivity index (χ3v) is 3.14. The fourth-order valence-electron chi connectivity index (χ4n) is 1.90. The van der Waals surface area contributed by atoms with Crippen molar-refractivity contribution in [3.8, 4) is 5.75 Å². The molecule has 0 spiro atoms. The van der Waals surface area contributed by atoms with Crippen molar-refractivity contribution in [3.05, 3.63) is 59.2 Å². The van der Waals surface area contributed by atoms with Gasteiger partial charge in [-0.15, -0.1) is 0 Å². The lowest BCUT2D eigenvalue weighted by Crippen LogP contribution is -2.13. The van der Waals surface area contributed by atoms with E-state index in [9.17, 15) is 9.59 Å². The van der Waals surface area contributed by atoms with Gasteiger partial charge in [0.05, 0.1) is 17.2 Å². The summed E-state index contributed by atoms with van der Waals surface area (Å²) in [6.45, 7) is 5.39. The first-order valence-electron chi connectivity index (χ1n) is 7.26. The van der Waals surface area contributed by atoms with Gasteiger partial charge >= 0.3 is 11.9 Å². The van der Waals surface area contributed by atoms with Crippen molar-refractivity contribution < 1.29 is 19.1 Å². The molecule has 0 saturated heterocycles. The van der Waals surface area contributed by atoms with Crippen LogP contribution in [0, 0.1) is 6.92 Å². The Kier molecular flexibility index (Phi) is 5.01. The van der Waals surface area contributed by atoms with E-state index in [0.29, 0.717) is 16.8 Å². The average Bonchev–Trinajstić information content (AvgIpc) is 2.49. The number of carbonyl (C=O) groups is 2. The van der Waals surface area contributed by atoms with E-state index in [1.54, 1.807) is 50.2 Å². The summed E-state index contributed by atoms with van der Waals surface area (Å²) in [6.07, 6.45) is -0.218. The maximum atomic E-state index is 12.1. The number of rotatable bonds is 4. The second-order valence-electron chi connectivity index (χ2n) is 5.44. The zero-order valence-electron chi connectivity index (χ0n) is 13.3. The lowest BCUT2D eigenvalue weighted by atomic mass is 10.1. The van der Waals surface area contributed by atoms with E-state index in [1.165, 1.54) is 6.07 Å². The minimum absolute atomic E-state index is 0.218. The Morgan fingerprint density at radius 2 is 1.70 bits per heavy atom. The van der Waals surface area contributed by atoms with Crippen molar-refractivity contribution in [2.45, 2.75) is 26.9 Å². The molecule has 0 heterocycles. The molecule has 0 aromatic heterocycles. The third kappa shape index (κ3) is 4.32. The van der Waals surface area contributed by atoms with Crippen LogP contribution in [-0.2, 0) is 4.74 Å². The first-order chi connectivity index (χ1) is 10.9. The van der Waals surface area contributed by atoms with Gasteiger partial charge in [0.25, 0.3) is 0 Å². The second kappa shape index (κ2) is 6.96. The van der Waals surface area contributed by atoms with Crippen molar-refractivity contribution in [2.24, 2.45) is 0 Å². The van der Waals surface area contributed by atoms with Gasteiger partial charge in [0, 0.05) is 5.69 Å². The van der Waals surface area contributed by atoms with Crippen LogP contribution in [0.15, 0.2) is 42.5 Å². The molecule has 2 N–H and O–H groups in total. The van der Waals surface area contributed by atoms with Gasteiger partial charge < -0.3 is 15.2 Å². The van der Waals surface area contributed by atoms with E-state index < -0.39 is 11.9 Å². The summed E-state index contributed by atoms with van der Waals surface area (Å²) in [4.78, 5) is 24.0. The van der Waals surface area contributed by atoms with Crippen LogP contribution in [0.25, 0.3) is 0 Å². The van der Waals surface area contributed by atoms with Gasteiger partial charge in [-0.1, -0.05) is 12.1 Å². The first-order valence-corrected chi connectivity index (χ1v) is 7.26. The molecule has 23 heavy (non-hydrogen) atoms. The monoisotopic (exact) mass is 313 g/mol. The predicted molar refractivity (Wildman–Crippen MR) is 87.5 cm³/mol. The third-order valence-electron chi connectivity index (χ3n) is 3.14. The number of anilines is 1. The molecule has 0 unspecified atom stereocenters. The molecule has 5 nitrogen and oxygen atoms in total. The Balaban J connectivity index is 2.15. The number of benzene rings is 2. The fourth-order valence-corrected chi connectivity index (χ4v) is 1.90. The molecule has 0 radical (unpaired) electrons. The number of aryl methyl sites for hydroxylation is 1. The van der Waals surface area contributed by atoms with Gasteiger partial charge in [0.15, 0.2) is 0 Å². The maximum Gasteiger partial charge on any atom is 0.343 e. The van der Waals surface area contributed by atoms with E-state index in [2.05, 4.69) is 0 Å². The van der Waals surface area contributed by atoms with E-state index >= 15 is 0 Å². The zero-order chi connectivity index (χ0) is 17.0. The van der Waals surface area contributed by atoms with Crippen molar-refractivity contribution in [1.82, 2.24) is 0 Å². The highest BCUT2D eigenvalue weighted by molar-refractivity contribution is 5.93. The van der Waals surface area contributed by atoms with Crippen LogP contribution in [0.5, 0.6) is 5.75 Å². The Bertz CT molecular complexity index is 738. The molecule has 0 bridgehead atoms. The largest absolute Gasteiger partial charge is 0.459 e. The summed E-state index contributed by atoms with van der Waals surface area (Å²) in [5.74, 6) is -0.726. The molecule has 2 aromatic carbocycles. The Morgan fingerprint density at radius 1 is 1.00 bits per heavy atom. The van der Waals surface area contributed by atoms with E-state index in [0.717, 1.165) is 5.56 Å². The minimum Gasteiger partial charge on any atom is -0.459 e. The van der Waals surface area contributed by atoms with Gasteiger partial charge in [0.1, 0.15) is 5.75 Å². The van der Waals surface area contributed by atoms with Crippen molar-refractivity contribution in [2.75, 3.05) is 5.73 Å². The Hall–Kier alpha value is -2.82. The van der Waals surface area contributed by atoms with E-state index in [1.807, 2.05) is 6.92 Å². The smallest absolute Gasteiger partial charge is 0.343 e. The molecule has 0 aliphatic rings. The quantitative estimate of drug-likeness (QED) is 0.532. The van der Waals surface area contributed by atoms with Gasteiger partial charge in [-0.2, -0.15) is 0 Å². The standard InChI is InChI=1S/C18H19NO4/c1-11(2)22-17(20)13-5-4-6-15(9-13)23-18(21)14-8-7-12(3)16(19)10-14/h4-11H,19H2,1-3H3. The van der Waals surface area contributed by atoms with Gasteiger partial charge in [-0.25, -0.2) is 9.59 Å². The molecule has 120 valence electrons. The number of carbonyl (C=O) groups excluding carboxylic acids is 2. The molecule has 0 amide bonds. The van der Waals surface area contributed by atoms with Crippen LogP contribution in [0.2, 0.25) is 0 Å². The summed E-state index contributed by atoms with van der Waals surface area (Å²) in [5.41, 5.74) is 7.88. The summed E-state index contributed by atoms with van der Waals surface area (Å²) < 4.78 is 10.4. The number of ether oxygens (including phenoxy) is 2. The Morgan fingerprint density at radius 3 is 2.35 bits per heavy atom. The molecule has 0 fully saturated rings. The summed E-state index contributed by atoms with van der Waals surface area (Å²) in [6, 6.07) is 11.3. The lowest BCUT2D eigenvalue weighted by molar-refractivity contribution is 0.0376. The molecule has 0 saturated carbocycles. The van der Waals surface area contributed by atoms with Crippen LogP contribution in [-0.4, -0.2) is 18.0 Å². The van der Waals surface area contributed by atoms with Gasteiger partial charge in [-0.3, -0.25) is 0 Å². The van der Waals surface area contributed by atoms with Gasteiger partial charge in [0.2, 0.25) is 0 Å². The molecular formula is C18H19NO4. The summed E-state index contributed by atoms with van der Waals surface area (Å²) >= 11 is 0. The number of esters is 2. The van der Waals surface area contributed by atoms with Crippen molar-refractivity contribution >= 4 is 17.6 Å². The van der Waals surface area contributed by atoms with Crippen LogP contribution >= 0.6 is 0 Å². The lowest BCUT2D eigenvalue weighted by Gasteiger charge is -2.09. The Labute approximate surface area is 135 Å². The molecule has 0 aliphatic carbocycles. The van der Waals surface area contributed by atoms with Crippen LogP contribution in [0.4, 0.5) is 5.69 Å². The minimum atomic E-state index is -0.536. The van der Waals surface area contributed by atoms with Crippen molar-refractivity contribution in [3.63, 3.8) is 0 Å². The van der Waals surface area contributed by atoms with Crippen molar-refractivity contribution in [1.29, 1.82) is 0 Å². The number of nitrogens with two attached hydrogens (primary N) is 1. The molecule has 0 atom stereocenters. The van der Waals surface area contributed by atoms with Crippen LogP contribution < -0.4 is 10.5 Å². The summed E-state index contributed by atoms with van der Waals surface area (Å²) in [5, 5.41) is 0.